The minimum atomic E-state index is -4.51. The summed E-state index contributed by atoms with van der Waals surface area (Å²) in [6, 6.07) is 4.29. The summed E-state index contributed by atoms with van der Waals surface area (Å²) in [5.41, 5.74) is 0.454. The number of alkyl halides is 3. The molecule has 3 heterocycles. The van der Waals surface area contributed by atoms with Crippen LogP contribution < -0.4 is 10.6 Å². The Morgan fingerprint density at radius 1 is 1.29 bits per heavy atom. The van der Waals surface area contributed by atoms with Crippen LogP contribution in [-0.4, -0.2) is 35.1 Å². The minimum Gasteiger partial charge on any atom is -0.376 e. The van der Waals surface area contributed by atoms with Crippen LogP contribution in [0, 0.1) is 6.92 Å². The van der Waals surface area contributed by atoms with Crippen molar-refractivity contribution in [3.8, 4) is 10.6 Å². The second kappa shape index (κ2) is 8.93. The van der Waals surface area contributed by atoms with Crippen molar-refractivity contribution in [1.29, 1.82) is 0 Å². The van der Waals surface area contributed by atoms with Gasteiger partial charge in [0.15, 0.2) is 10.3 Å². The molecule has 1 amide bonds. The number of ether oxygens (including phenoxy) is 1. The number of amides is 1. The molecule has 0 radical (unpaired) electrons. The zero-order valence-corrected chi connectivity index (χ0v) is 18.1. The third-order valence-electron chi connectivity index (χ3n) is 4.71. The standard InChI is InChI=1S/C20H19F3N4O2S2/c1-11-16(15-10-30-18(26-15)24-9-14-6-3-7-29-14)31-19(25-11)27-17(28)12-4-2-5-13(8-12)20(21,22)23/h2,4-5,8,10,14H,3,6-7,9H2,1H3,(H,24,26)(H,25,27,28)/t14-/m0/s1. The summed E-state index contributed by atoms with van der Waals surface area (Å²) in [4.78, 5) is 22.1. The Hall–Kier alpha value is -2.50. The van der Waals surface area contributed by atoms with Gasteiger partial charge in [-0.25, -0.2) is 9.97 Å². The summed E-state index contributed by atoms with van der Waals surface area (Å²) >= 11 is 2.70. The van der Waals surface area contributed by atoms with E-state index in [1.54, 1.807) is 6.92 Å². The van der Waals surface area contributed by atoms with Gasteiger partial charge in [-0.3, -0.25) is 10.1 Å². The predicted molar refractivity (Wildman–Crippen MR) is 115 cm³/mol. The Balaban J connectivity index is 1.44. The first-order valence-electron chi connectivity index (χ1n) is 9.57. The van der Waals surface area contributed by atoms with E-state index in [0.29, 0.717) is 17.4 Å². The van der Waals surface area contributed by atoms with Gasteiger partial charge in [0.2, 0.25) is 0 Å². The largest absolute Gasteiger partial charge is 0.416 e. The maximum absolute atomic E-state index is 12.9. The Morgan fingerprint density at radius 2 is 2.13 bits per heavy atom. The summed E-state index contributed by atoms with van der Waals surface area (Å²) in [6.45, 7) is 3.29. The Labute approximate surface area is 184 Å². The lowest BCUT2D eigenvalue weighted by Gasteiger charge is -2.09. The number of anilines is 2. The number of nitrogens with one attached hydrogen (secondary N) is 2. The smallest absolute Gasteiger partial charge is 0.376 e. The monoisotopic (exact) mass is 468 g/mol. The highest BCUT2D eigenvalue weighted by Gasteiger charge is 2.31. The van der Waals surface area contributed by atoms with Crippen LogP contribution in [-0.2, 0) is 10.9 Å². The number of thiazole rings is 2. The van der Waals surface area contributed by atoms with Gasteiger partial charge in [0.25, 0.3) is 5.91 Å². The molecule has 0 bridgehead atoms. The average molecular weight is 469 g/mol. The zero-order valence-electron chi connectivity index (χ0n) is 16.5. The van der Waals surface area contributed by atoms with Gasteiger partial charge in [0.1, 0.15) is 0 Å². The van der Waals surface area contributed by atoms with E-state index >= 15 is 0 Å². The Morgan fingerprint density at radius 3 is 2.87 bits per heavy atom. The molecule has 164 valence electrons. The first-order valence-corrected chi connectivity index (χ1v) is 11.3. The molecule has 1 saturated heterocycles. The van der Waals surface area contributed by atoms with E-state index in [-0.39, 0.29) is 11.7 Å². The summed E-state index contributed by atoms with van der Waals surface area (Å²) in [5, 5.41) is 8.83. The summed E-state index contributed by atoms with van der Waals surface area (Å²) < 4.78 is 44.3. The minimum absolute atomic E-state index is 0.0847. The van der Waals surface area contributed by atoms with Crippen LogP contribution in [0.4, 0.5) is 23.4 Å². The molecule has 2 aromatic heterocycles. The summed E-state index contributed by atoms with van der Waals surface area (Å²) in [7, 11) is 0. The number of benzene rings is 1. The molecule has 0 aliphatic carbocycles. The molecule has 1 aliphatic rings. The molecule has 1 atom stereocenters. The number of carbonyl (C=O) groups is 1. The maximum atomic E-state index is 12.9. The fraction of sp³-hybridized carbons (Fsp3) is 0.350. The van der Waals surface area contributed by atoms with Gasteiger partial charge in [0.05, 0.1) is 27.9 Å². The molecule has 0 unspecified atom stereocenters. The SMILES string of the molecule is Cc1nc(NC(=O)c2cccc(C(F)(F)F)c2)sc1-c1csc(NC[C@@H]2CCCO2)n1. The number of carbonyl (C=O) groups excluding carboxylic acids is 1. The predicted octanol–water partition coefficient (Wildman–Crippen LogP) is 5.44. The van der Waals surface area contributed by atoms with Crippen molar-refractivity contribution in [1.82, 2.24) is 9.97 Å². The van der Waals surface area contributed by atoms with E-state index in [0.717, 1.165) is 47.3 Å². The van der Waals surface area contributed by atoms with Crippen LogP contribution in [0.1, 0.15) is 34.5 Å². The number of nitrogens with zero attached hydrogens (tertiary/aromatic N) is 2. The lowest BCUT2D eigenvalue weighted by Crippen LogP contribution is -2.18. The van der Waals surface area contributed by atoms with Crippen molar-refractivity contribution in [3.63, 3.8) is 0 Å². The second-order valence-corrected chi connectivity index (χ2v) is 8.88. The van der Waals surface area contributed by atoms with Gasteiger partial charge in [-0.1, -0.05) is 17.4 Å². The fourth-order valence-corrected chi connectivity index (χ4v) is 4.87. The maximum Gasteiger partial charge on any atom is 0.416 e. The zero-order chi connectivity index (χ0) is 22.0. The highest BCUT2D eigenvalue weighted by atomic mass is 32.1. The second-order valence-electron chi connectivity index (χ2n) is 7.02. The third-order valence-corrected chi connectivity index (χ3v) is 6.61. The Bertz CT molecular complexity index is 1070. The topological polar surface area (TPSA) is 76.1 Å². The molecule has 31 heavy (non-hydrogen) atoms. The molecule has 1 fully saturated rings. The van der Waals surface area contributed by atoms with Gasteiger partial charge in [-0.15, -0.1) is 11.3 Å². The molecule has 11 heteroatoms. The number of halogens is 3. The number of hydrogen-bond donors (Lipinski definition) is 2. The van der Waals surface area contributed by atoms with Crippen molar-refractivity contribution in [3.05, 3.63) is 46.5 Å². The highest BCUT2D eigenvalue weighted by molar-refractivity contribution is 7.20. The first kappa shape index (κ1) is 21.7. The molecule has 0 saturated carbocycles. The first-order chi connectivity index (χ1) is 14.8. The average Bonchev–Trinajstić information content (AvgIpc) is 3.47. The normalized spacial score (nSPS) is 16.5. The van der Waals surface area contributed by atoms with Crippen molar-refractivity contribution >= 4 is 38.8 Å². The lowest BCUT2D eigenvalue weighted by atomic mass is 10.1. The van der Waals surface area contributed by atoms with Crippen LogP contribution in [0.3, 0.4) is 0 Å². The molecule has 0 spiro atoms. The molecular formula is C20H19F3N4O2S2. The molecule has 1 aromatic carbocycles. The van der Waals surface area contributed by atoms with Gasteiger partial charge < -0.3 is 10.1 Å². The summed E-state index contributed by atoms with van der Waals surface area (Å²) in [5.74, 6) is -0.649. The number of aryl methyl sites for hydroxylation is 1. The lowest BCUT2D eigenvalue weighted by molar-refractivity contribution is -0.137. The molecule has 2 N–H and O–H groups in total. The van der Waals surface area contributed by atoms with Crippen molar-refractivity contribution in [2.45, 2.75) is 32.0 Å². The van der Waals surface area contributed by atoms with Gasteiger partial charge in [-0.2, -0.15) is 13.2 Å². The molecule has 3 aromatic rings. The molecule has 6 nitrogen and oxygen atoms in total. The van der Waals surface area contributed by atoms with Crippen LogP contribution in [0.2, 0.25) is 0 Å². The van der Waals surface area contributed by atoms with E-state index in [9.17, 15) is 18.0 Å². The van der Waals surface area contributed by atoms with E-state index in [4.69, 9.17) is 4.74 Å². The highest BCUT2D eigenvalue weighted by Crippen LogP contribution is 2.35. The van der Waals surface area contributed by atoms with Gasteiger partial charge in [-0.05, 0) is 38.0 Å². The van der Waals surface area contributed by atoms with Crippen LogP contribution in [0.25, 0.3) is 10.6 Å². The van der Waals surface area contributed by atoms with Gasteiger partial charge in [0, 0.05) is 24.1 Å². The number of aromatic nitrogens is 2. The molecule has 1 aliphatic heterocycles. The number of rotatable bonds is 6. The van der Waals surface area contributed by atoms with E-state index in [1.807, 2.05) is 5.38 Å². The van der Waals surface area contributed by atoms with Crippen LogP contribution in [0.15, 0.2) is 29.6 Å². The molecule has 4 rings (SSSR count). The molecular weight excluding hydrogens is 449 g/mol. The van der Waals surface area contributed by atoms with E-state index < -0.39 is 17.6 Å². The van der Waals surface area contributed by atoms with Gasteiger partial charge >= 0.3 is 6.18 Å². The summed E-state index contributed by atoms with van der Waals surface area (Å²) in [6.07, 6.45) is -2.20. The quantitative estimate of drug-likeness (QED) is 0.504. The van der Waals surface area contributed by atoms with Crippen LogP contribution >= 0.6 is 22.7 Å². The van der Waals surface area contributed by atoms with E-state index in [1.165, 1.54) is 34.8 Å². The van der Waals surface area contributed by atoms with Crippen molar-refractivity contribution in [2.24, 2.45) is 0 Å². The van der Waals surface area contributed by atoms with Crippen LogP contribution in [0.5, 0.6) is 0 Å². The van der Waals surface area contributed by atoms with Crippen molar-refractivity contribution < 1.29 is 22.7 Å². The number of hydrogen-bond acceptors (Lipinski definition) is 7. The van der Waals surface area contributed by atoms with Crippen molar-refractivity contribution in [2.75, 3.05) is 23.8 Å². The fourth-order valence-electron chi connectivity index (χ4n) is 3.16. The van der Waals surface area contributed by atoms with E-state index in [2.05, 4.69) is 20.6 Å². The Kier molecular flexibility index (Phi) is 6.26. The third kappa shape index (κ3) is 5.23.